The average molecular weight is 324 g/mol. The maximum Gasteiger partial charge on any atom is 0.272 e. The summed E-state index contributed by atoms with van der Waals surface area (Å²) in [6, 6.07) is 11.6. The molecule has 0 fully saturated rings. The lowest BCUT2D eigenvalue weighted by Gasteiger charge is -2.04. The number of nitrogens with one attached hydrogen (secondary N) is 1. The molecule has 0 spiro atoms. The minimum absolute atomic E-state index is 0.274. The van der Waals surface area contributed by atoms with Crippen molar-refractivity contribution in [3.05, 3.63) is 71.9 Å². The largest absolute Gasteiger partial charge is 0.347 e. The maximum absolute atomic E-state index is 13.4. The number of pyridine rings is 1. The van der Waals surface area contributed by atoms with Crippen LogP contribution < -0.4 is 5.32 Å². The van der Waals surface area contributed by atoms with Crippen LogP contribution in [0.3, 0.4) is 0 Å². The summed E-state index contributed by atoms with van der Waals surface area (Å²) in [6.07, 6.45) is 3.38. The number of rotatable bonds is 5. The SMILES string of the molecule is CCn1nc(C(=O)NCc2cccnc2)cc1-c1cccc(F)c1. The lowest BCUT2D eigenvalue weighted by molar-refractivity contribution is 0.0945. The monoisotopic (exact) mass is 324 g/mol. The van der Waals surface area contributed by atoms with E-state index in [2.05, 4.69) is 15.4 Å². The predicted molar refractivity (Wildman–Crippen MR) is 88.7 cm³/mol. The molecule has 5 nitrogen and oxygen atoms in total. The molecule has 0 unspecified atom stereocenters. The highest BCUT2D eigenvalue weighted by Gasteiger charge is 2.15. The van der Waals surface area contributed by atoms with E-state index in [1.807, 2.05) is 19.1 Å². The summed E-state index contributed by atoms with van der Waals surface area (Å²) in [5, 5.41) is 7.13. The highest BCUT2D eigenvalue weighted by atomic mass is 19.1. The number of hydrogen-bond acceptors (Lipinski definition) is 3. The van der Waals surface area contributed by atoms with Gasteiger partial charge in [-0.25, -0.2) is 4.39 Å². The topological polar surface area (TPSA) is 59.8 Å². The molecular weight excluding hydrogens is 307 g/mol. The first-order chi connectivity index (χ1) is 11.7. The highest BCUT2D eigenvalue weighted by molar-refractivity contribution is 5.93. The van der Waals surface area contributed by atoms with Crippen LogP contribution in [0.15, 0.2) is 54.9 Å². The van der Waals surface area contributed by atoms with Gasteiger partial charge in [0.1, 0.15) is 5.82 Å². The number of halogens is 1. The van der Waals surface area contributed by atoms with Crippen molar-refractivity contribution in [3.8, 4) is 11.3 Å². The van der Waals surface area contributed by atoms with Gasteiger partial charge in [0.15, 0.2) is 5.69 Å². The zero-order chi connectivity index (χ0) is 16.9. The van der Waals surface area contributed by atoms with Gasteiger partial charge in [-0.15, -0.1) is 0 Å². The van der Waals surface area contributed by atoms with Crippen LogP contribution in [0.25, 0.3) is 11.3 Å². The number of amides is 1. The molecule has 0 atom stereocenters. The van der Waals surface area contributed by atoms with E-state index < -0.39 is 0 Å². The van der Waals surface area contributed by atoms with Crippen LogP contribution in [0.4, 0.5) is 4.39 Å². The van der Waals surface area contributed by atoms with Crippen LogP contribution in [-0.2, 0) is 13.1 Å². The van der Waals surface area contributed by atoms with Gasteiger partial charge in [-0.2, -0.15) is 5.10 Å². The first-order valence-corrected chi connectivity index (χ1v) is 7.68. The van der Waals surface area contributed by atoms with E-state index in [1.54, 1.807) is 35.3 Å². The Bertz CT molecular complexity index is 845. The summed E-state index contributed by atoms with van der Waals surface area (Å²) >= 11 is 0. The molecular formula is C18H17FN4O. The van der Waals surface area contributed by atoms with E-state index in [-0.39, 0.29) is 11.7 Å². The molecule has 1 aromatic carbocycles. The molecule has 0 saturated carbocycles. The number of carbonyl (C=O) groups excluding carboxylic acids is 1. The number of hydrogen-bond donors (Lipinski definition) is 1. The second-order valence-electron chi connectivity index (χ2n) is 5.28. The van der Waals surface area contributed by atoms with Crippen LogP contribution in [0.5, 0.6) is 0 Å². The predicted octanol–water partition coefficient (Wildman–Crippen LogP) is 3.03. The number of aryl methyl sites for hydroxylation is 1. The van der Waals surface area contributed by atoms with Crippen molar-refractivity contribution in [1.29, 1.82) is 0 Å². The normalized spacial score (nSPS) is 10.6. The molecule has 1 amide bonds. The maximum atomic E-state index is 13.4. The summed E-state index contributed by atoms with van der Waals surface area (Å²) < 4.78 is 15.1. The Labute approximate surface area is 139 Å². The Hall–Kier alpha value is -3.02. The van der Waals surface area contributed by atoms with Gasteiger partial charge in [0.2, 0.25) is 0 Å². The molecule has 122 valence electrons. The highest BCUT2D eigenvalue weighted by Crippen LogP contribution is 2.21. The smallest absolute Gasteiger partial charge is 0.272 e. The fourth-order valence-electron chi connectivity index (χ4n) is 2.42. The molecule has 0 aliphatic rings. The molecule has 0 saturated heterocycles. The molecule has 0 aliphatic heterocycles. The van der Waals surface area contributed by atoms with Gasteiger partial charge < -0.3 is 5.32 Å². The standard InChI is InChI=1S/C18H17FN4O/c1-2-23-17(14-6-3-7-15(19)9-14)10-16(22-23)18(24)21-12-13-5-4-8-20-11-13/h3-11H,2,12H2,1H3,(H,21,24). The minimum Gasteiger partial charge on any atom is -0.347 e. The second kappa shape index (κ2) is 7.04. The van der Waals surface area contributed by atoms with E-state index in [1.165, 1.54) is 12.1 Å². The van der Waals surface area contributed by atoms with Gasteiger partial charge in [-0.1, -0.05) is 18.2 Å². The van der Waals surface area contributed by atoms with Crippen molar-refractivity contribution < 1.29 is 9.18 Å². The van der Waals surface area contributed by atoms with E-state index in [9.17, 15) is 9.18 Å². The molecule has 0 aliphatic carbocycles. The van der Waals surface area contributed by atoms with Crippen molar-refractivity contribution in [2.45, 2.75) is 20.0 Å². The van der Waals surface area contributed by atoms with Gasteiger partial charge >= 0.3 is 0 Å². The summed E-state index contributed by atoms with van der Waals surface area (Å²) in [5.74, 6) is -0.595. The van der Waals surface area contributed by atoms with Crippen molar-refractivity contribution in [2.75, 3.05) is 0 Å². The van der Waals surface area contributed by atoms with Crippen molar-refractivity contribution in [3.63, 3.8) is 0 Å². The second-order valence-corrected chi connectivity index (χ2v) is 5.28. The average Bonchev–Trinajstić information content (AvgIpc) is 3.05. The van der Waals surface area contributed by atoms with E-state index in [4.69, 9.17) is 0 Å². The van der Waals surface area contributed by atoms with Crippen LogP contribution in [0.1, 0.15) is 23.0 Å². The first kappa shape index (κ1) is 15.9. The molecule has 0 bridgehead atoms. The Kier molecular flexibility index (Phi) is 4.65. The Morgan fingerprint density at radius 1 is 1.25 bits per heavy atom. The first-order valence-electron chi connectivity index (χ1n) is 7.68. The molecule has 3 rings (SSSR count). The van der Waals surface area contributed by atoms with Gasteiger partial charge in [-0.3, -0.25) is 14.5 Å². The molecule has 24 heavy (non-hydrogen) atoms. The fraction of sp³-hybridized carbons (Fsp3) is 0.167. The Morgan fingerprint density at radius 2 is 2.12 bits per heavy atom. The van der Waals surface area contributed by atoms with Crippen LogP contribution >= 0.6 is 0 Å². The van der Waals surface area contributed by atoms with E-state index in [0.717, 1.165) is 5.56 Å². The molecule has 2 heterocycles. The zero-order valence-electron chi connectivity index (χ0n) is 13.2. The molecule has 6 heteroatoms. The molecule has 2 aromatic heterocycles. The number of aromatic nitrogens is 3. The van der Waals surface area contributed by atoms with Gasteiger partial charge in [0.25, 0.3) is 5.91 Å². The zero-order valence-corrected chi connectivity index (χ0v) is 13.2. The lowest BCUT2D eigenvalue weighted by atomic mass is 10.1. The molecule has 0 radical (unpaired) electrons. The van der Waals surface area contributed by atoms with Gasteiger partial charge in [-0.05, 0) is 36.8 Å². The Balaban J connectivity index is 1.80. The third-order valence-corrected chi connectivity index (χ3v) is 3.61. The third kappa shape index (κ3) is 3.48. The van der Waals surface area contributed by atoms with E-state index in [0.29, 0.717) is 30.0 Å². The Morgan fingerprint density at radius 3 is 2.83 bits per heavy atom. The molecule has 1 N–H and O–H groups in total. The summed E-state index contributed by atoms with van der Waals surface area (Å²) in [4.78, 5) is 16.3. The number of carbonyl (C=O) groups is 1. The third-order valence-electron chi connectivity index (χ3n) is 3.61. The van der Waals surface area contributed by atoms with Crippen molar-refractivity contribution >= 4 is 5.91 Å². The summed E-state index contributed by atoms with van der Waals surface area (Å²) in [7, 11) is 0. The van der Waals surface area contributed by atoms with Gasteiger partial charge in [0.05, 0.1) is 5.69 Å². The van der Waals surface area contributed by atoms with E-state index >= 15 is 0 Å². The minimum atomic E-state index is -0.320. The van der Waals surface area contributed by atoms with Crippen molar-refractivity contribution in [1.82, 2.24) is 20.1 Å². The summed E-state index contributed by atoms with van der Waals surface area (Å²) in [5.41, 5.74) is 2.62. The van der Waals surface area contributed by atoms with Crippen molar-refractivity contribution in [2.24, 2.45) is 0 Å². The van der Waals surface area contributed by atoms with Crippen LogP contribution in [-0.4, -0.2) is 20.7 Å². The molecule has 3 aromatic rings. The van der Waals surface area contributed by atoms with Gasteiger partial charge in [0, 0.05) is 31.0 Å². The fourth-order valence-corrected chi connectivity index (χ4v) is 2.42. The summed E-state index contributed by atoms with van der Waals surface area (Å²) in [6.45, 7) is 2.88. The number of benzene rings is 1. The quantitative estimate of drug-likeness (QED) is 0.785. The van der Waals surface area contributed by atoms with Crippen LogP contribution in [0, 0.1) is 5.82 Å². The number of nitrogens with zero attached hydrogens (tertiary/aromatic N) is 3. The lowest BCUT2D eigenvalue weighted by Crippen LogP contribution is -2.23. The van der Waals surface area contributed by atoms with Crippen LogP contribution in [0.2, 0.25) is 0 Å².